The monoisotopic (exact) mass is 390 g/mol. The number of nitrogens with zero attached hydrogens (tertiary/aromatic N) is 1. The molecule has 0 amide bonds. The van der Waals surface area contributed by atoms with E-state index in [0.29, 0.717) is 17.1 Å². The molecule has 3 rings (SSSR count). The van der Waals surface area contributed by atoms with Gasteiger partial charge in [-0.05, 0) is 54.8 Å². The summed E-state index contributed by atoms with van der Waals surface area (Å²) in [5.74, 6) is 0.495. The number of ether oxygens (including phenoxy) is 2. The van der Waals surface area contributed by atoms with Crippen molar-refractivity contribution in [2.75, 3.05) is 13.7 Å². The van der Waals surface area contributed by atoms with Crippen LogP contribution in [0.1, 0.15) is 24.0 Å². The average Bonchev–Trinajstić information content (AvgIpc) is 3.10. The summed E-state index contributed by atoms with van der Waals surface area (Å²) in [6.45, 7) is 1.71. The molecule has 1 N–H and O–H groups in total. The lowest BCUT2D eigenvalue weighted by Crippen LogP contribution is -2.36. The van der Waals surface area contributed by atoms with E-state index in [1.54, 1.807) is 43.5 Å². The van der Waals surface area contributed by atoms with E-state index in [1.165, 1.54) is 0 Å². The summed E-state index contributed by atoms with van der Waals surface area (Å²) in [5.41, 5.74) is 0.554. The highest BCUT2D eigenvalue weighted by Crippen LogP contribution is 2.43. The maximum atomic E-state index is 13.1. The molecular weight excluding hydrogens is 369 g/mol. The van der Waals surface area contributed by atoms with Crippen LogP contribution in [-0.4, -0.2) is 19.8 Å². The number of alkyl halides is 3. The van der Waals surface area contributed by atoms with Crippen LogP contribution < -0.4 is 14.8 Å². The first-order chi connectivity index (χ1) is 13.3. The summed E-state index contributed by atoms with van der Waals surface area (Å²) in [6, 6.07) is 14.3. The minimum atomic E-state index is -4.28. The van der Waals surface area contributed by atoms with Crippen molar-refractivity contribution in [3.63, 3.8) is 0 Å². The second kappa shape index (κ2) is 7.72. The van der Waals surface area contributed by atoms with Crippen molar-refractivity contribution in [3.05, 3.63) is 53.6 Å². The Labute approximate surface area is 161 Å². The lowest BCUT2D eigenvalue weighted by atomic mass is 9.83. The number of methoxy groups -OCH3 is 1. The van der Waals surface area contributed by atoms with Gasteiger partial charge in [0.2, 0.25) is 0 Å². The van der Waals surface area contributed by atoms with Crippen molar-refractivity contribution in [2.24, 2.45) is 5.92 Å². The molecule has 1 aliphatic heterocycles. The maximum Gasteiger partial charge on any atom is 0.393 e. The van der Waals surface area contributed by atoms with Crippen LogP contribution in [0, 0.1) is 24.2 Å². The van der Waals surface area contributed by atoms with Gasteiger partial charge in [0.15, 0.2) is 0 Å². The first-order valence-electron chi connectivity index (χ1n) is 8.89. The molecule has 1 saturated heterocycles. The van der Waals surface area contributed by atoms with E-state index in [4.69, 9.17) is 14.7 Å². The Morgan fingerprint density at radius 2 is 1.86 bits per heavy atom. The largest absolute Gasteiger partial charge is 0.497 e. The van der Waals surface area contributed by atoms with Crippen LogP contribution in [0.5, 0.6) is 17.2 Å². The molecule has 1 aliphatic rings. The zero-order chi connectivity index (χ0) is 20.4. The Bertz CT molecular complexity index is 875. The highest BCUT2D eigenvalue weighted by Gasteiger charge is 2.50. The number of benzene rings is 2. The second-order valence-electron chi connectivity index (χ2n) is 7.00. The molecule has 28 heavy (non-hydrogen) atoms. The fourth-order valence-corrected chi connectivity index (χ4v) is 3.54. The van der Waals surface area contributed by atoms with E-state index in [1.807, 2.05) is 19.1 Å². The third-order valence-electron chi connectivity index (χ3n) is 5.14. The van der Waals surface area contributed by atoms with Crippen LogP contribution in [-0.2, 0) is 5.54 Å². The lowest BCUT2D eigenvalue weighted by Gasteiger charge is -2.28. The van der Waals surface area contributed by atoms with E-state index in [2.05, 4.69) is 5.32 Å². The minimum Gasteiger partial charge on any atom is -0.497 e. The van der Waals surface area contributed by atoms with Crippen LogP contribution in [0.2, 0.25) is 0 Å². The Morgan fingerprint density at radius 3 is 2.39 bits per heavy atom. The molecule has 0 spiro atoms. The zero-order valence-corrected chi connectivity index (χ0v) is 15.6. The zero-order valence-electron chi connectivity index (χ0n) is 15.6. The molecule has 0 aliphatic carbocycles. The number of hydrogen-bond acceptors (Lipinski definition) is 4. The molecular formula is C21H21F3N2O2. The summed E-state index contributed by atoms with van der Waals surface area (Å²) >= 11 is 0. The van der Waals surface area contributed by atoms with E-state index in [9.17, 15) is 13.2 Å². The standard InChI is InChI=1S/C21H21F3N2O2/c1-14-11-18(27-2)7-8-19(14)28-17-5-3-15(4-6-17)20(9-10-25)12-16(13-26-20)21(22,23)24/h3-8,11,16,26H,9,12-13H2,1-2H3/t16-,20+/m0/s1. The van der Waals surface area contributed by atoms with Crippen LogP contribution in [0.4, 0.5) is 13.2 Å². The third kappa shape index (κ3) is 4.07. The van der Waals surface area contributed by atoms with Crippen molar-refractivity contribution in [1.82, 2.24) is 5.32 Å². The lowest BCUT2D eigenvalue weighted by molar-refractivity contribution is -0.170. The minimum absolute atomic E-state index is 0.0304. The smallest absolute Gasteiger partial charge is 0.393 e. The van der Waals surface area contributed by atoms with E-state index in [0.717, 1.165) is 11.3 Å². The number of hydrogen-bond donors (Lipinski definition) is 1. The van der Waals surface area contributed by atoms with E-state index in [-0.39, 0.29) is 19.4 Å². The van der Waals surface area contributed by atoms with Gasteiger partial charge in [-0.1, -0.05) is 12.1 Å². The molecule has 0 bridgehead atoms. The van der Waals surface area contributed by atoms with Crippen LogP contribution in [0.3, 0.4) is 0 Å². The summed E-state index contributed by atoms with van der Waals surface area (Å²) in [5, 5.41) is 12.1. The van der Waals surface area contributed by atoms with Crippen molar-refractivity contribution >= 4 is 0 Å². The SMILES string of the molecule is COc1ccc(Oc2ccc([C@@]3(CC#N)C[C@H](C(F)(F)F)CN3)cc2)c(C)c1. The number of halogens is 3. The predicted octanol–water partition coefficient (Wildman–Crippen LogP) is 5.08. The molecule has 0 unspecified atom stereocenters. The molecule has 4 nitrogen and oxygen atoms in total. The second-order valence-corrected chi connectivity index (χ2v) is 7.00. The van der Waals surface area contributed by atoms with Gasteiger partial charge in [-0.15, -0.1) is 0 Å². The van der Waals surface area contributed by atoms with Crippen molar-refractivity contribution in [1.29, 1.82) is 5.26 Å². The van der Waals surface area contributed by atoms with Gasteiger partial charge in [0.25, 0.3) is 0 Å². The Balaban J connectivity index is 1.80. The van der Waals surface area contributed by atoms with Crippen LogP contribution in [0.25, 0.3) is 0 Å². The van der Waals surface area contributed by atoms with Crippen molar-refractivity contribution in [3.8, 4) is 23.3 Å². The summed E-state index contributed by atoms with van der Waals surface area (Å²) in [7, 11) is 1.59. The number of aryl methyl sites for hydroxylation is 1. The van der Waals surface area contributed by atoms with Gasteiger partial charge in [-0.3, -0.25) is 0 Å². The molecule has 148 valence electrons. The van der Waals surface area contributed by atoms with Gasteiger partial charge in [0, 0.05) is 6.54 Å². The fraction of sp³-hybridized carbons (Fsp3) is 0.381. The quantitative estimate of drug-likeness (QED) is 0.774. The van der Waals surface area contributed by atoms with Gasteiger partial charge in [-0.25, -0.2) is 0 Å². The molecule has 2 aromatic rings. The summed E-state index contributed by atoms with van der Waals surface area (Å²) in [4.78, 5) is 0. The van der Waals surface area contributed by atoms with Gasteiger partial charge >= 0.3 is 6.18 Å². The topological polar surface area (TPSA) is 54.3 Å². The van der Waals surface area contributed by atoms with Crippen molar-refractivity contribution in [2.45, 2.75) is 31.5 Å². The van der Waals surface area contributed by atoms with Gasteiger partial charge in [-0.2, -0.15) is 18.4 Å². The normalized spacial score (nSPS) is 21.9. The van der Waals surface area contributed by atoms with Crippen LogP contribution in [0.15, 0.2) is 42.5 Å². The number of rotatable bonds is 5. The highest BCUT2D eigenvalue weighted by molar-refractivity contribution is 5.43. The molecule has 7 heteroatoms. The van der Waals surface area contributed by atoms with Crippen LogP contribution >= 0.6 is 0 Å². The maximum absolute atomic E-state index is 13.1. The first-order valence-corrected chi connectivity index (χ1v) is 8.89. The third-order valence-corrected chi connectivity index (χ3v) is 5.14. The van der Waals surface area contributed by atoms with Gasteiger partial charge in [0.05, 0.1) is 31.1 Å². The molecule has 0 radical (unpaired) electrons. The summed E-state index contributed by atoms with van der Waals surface area (Å²) in [6.07, 6.45) is -4.46. The fourth-order valence-electron chi connectivity index (χ4n) is 3.54. The average molecular weight is 390 g/mol. The molecule has 1 fully saturated rings. The van der Waals surface area contributed by atoms with Gasteiger partial charge in [0.1, 0.15) is 17.2 Å². The Morgan fingerprint density at radius 1 is 1.18 bits per heavy atom. The molecule has 1 heterocycles. The molecule has 0 aromatic heterocycles. The summed E-state index contributed by atoms with van der Waals surface area (Å²) < 4.78 is 50.4. The first kappa shape index (κ1) is 20.0. The predicted molar refractivity (Wildman–Crippen MR) is 98.3 cm³/mol. The number of nitriles is 1. The van der Waals surface area contributed by atoms with E-state index < -0.39 is 17.6 Å². The number of nitrogens with one attached hydrogen (secondary N) is 1. The molecule has 2 atom stereocenters. The molecule has 0 saturated carbocycles. The van der Waals surface area contributed by atoms with Gasteiger partial charge < -0.3 is 14.8 Å². The van der Waals surface area contributed by atoms with E-state index >= 15 is 0 Å². The Kier molecular flexibility index (Phi) is 5.52. The Hall–Kier alpha value is -2.72. The van der Waals surface area contributed by atoms with Crippen molar-refractivity contribution < 1.29 is 22.6 Å². The molecule has 2 aromatic carbocycles. The highest BCUT2D eigenvalue weighted by atomic mass is 19.4.